The molecule has 1 unspecified atom stereocenters. The quantitative estimate of drug-likeness (QED) is 0.704. The van der Waals surface area contributed by atoms with Crippen molar-refractivity contribution in [3.05, 3.63) is 23.8 Å². The zero-order valence-corrected chi connectivity index (χ0v) is 16.4. The number of hydrogen-bond donors (Lipinski definition) is 2. The van der Waals surface area contributed by atoms with Crippen LogP contribution in [0.1, 0.15) is 40.0 Å². The van der Waals surface area contributed by atoms with Gasteiger partial charge in [0.1, 0.15) is 24.0 Å². The largest absolute Gasteiger partial charge is 0.388 e. The molecule has 5 nitrogen and oxygen atoms in total. The summed E-state index contributed by atoms with van der Waals surface area (Å²) in [5.41, 5.74) is -3.19. The van der Waals surface area contributed by atoms with E-state index in [1.54, 1.807) is 6.08 Å². The Bertz CT molecular complexity index is 850. The van der Waals surface area contributed by atoms with Gasteiger partial charge in [-0.2, -0.15) is 0 Å². The Balaban J connectivity index is 1.63. The van der Waals surface area contributed by atoms with Crippen molar-refractivity contribution in [2.45, 2.75) is 63.5 Å². The highest BCUT2D eigenvalue weighted by Crippen LogP contribution is 2.76. The standard InChI is InChI=1S/C22H27FO5/c1-11-6-13-14-8-16(23)15-7-12(25)4-5-19(15,2)22(14)18(28-22)9-20(13,3)21(11,27)17(26)10-24/h4-5,7,11,13-14,16,18,24,27H,6,8-10H2,1-3H3/t11-,13-,14-,16?,18-,19-,20-,21-,22+/m0/s1. The number of alkyl halides is 1. The first-order valence-corrected chi connectivity index (χ1v) is 10.2. The highest BCUT2D eigenvalue weighted by Gasteiger charge is 2.82. The molecule has 6 heteroatoms. The highest BCUT2D eigenvalue weighted by molar-refractivity contribution is 6.01. The first-order valence-electron chi connectivity index (χ1n) is 10.2. The van der Waals surface area contributed by atoms with E-state index < -0.39 is 40.6 Å². The van der Waals surface area contributed by atoms with Crippen LogP contribution in [0.2, 0.25) is 0 Å². The third-order valence-electron chi connectivity index (χ3n) is 9.07. The first kappa shape index (κ1) is 18.6. The molecule has 1 saturated heterocycles. The van der Waals surface area contributed by atoms with E-state index in [0.717, 1.165) is 0 Å². The van der Waals surface area contributed by atoms with Gasteiger partial charge >= 0.3 is 0 Å². The van der Waals surface area contributed by atoms with Gasteiger partial charge in [-0.3, -0.25) is 9.59 Å². The number of carbonyl (C=O) groups is 2. The Morgan fingerprint density at radius 2 is 2.04 bits per heavy atom. The Labute approximate surface area is 163 Å². The molecule has 152 valence electrons. The van der Waals surface area contributed by atoms with Crippen molar-refractivity contribution >= 4 is 11.6 Å². The molecule has 0 bridgehead atoms. The van der Waals surface area contributed by atoms with E-state index in [1.807, 2.05) is 20.8 Å². The monoisotopic (exact) mass is 390 g/mol. The molecule has 5 aliphatic rings. The Morgan fingerprint density at radius 1 is 1.32 bits per heavy atom. The van der Waals surface area contributed by atoms with Gasteiger partial charge in [0, 0.05) is 10.8 Å². The smallest absolute Gasteiger partial charge is 0.190 e. The molecule has 28 heavy (non-hydrogen) atoms. The van der Waals surface area contributed by atoms with Crippen LogP contribution in [-0.2, 0) is 14.3 Å². The molecule has 5 rings (SSSR count). The molecule has 4 fully saturated rings. The van der Waals surface area contributed by atoms with E-state index in [0.29, 0.717) is 18.4 Å². The summed E-state index contributed by atoms with van der Waals surface area (Å²) in [7, 11) is 0. The minimum absolute atomic E-state index is 0.0931. The molecule has 1 heterocycles. The van der Waals surface area contributed by atoms with Gasteiger partial charge in [0.05, 0.1) is 6.10 Å². The van der Waals surface area contributed by atoms with Crippen molar-refractivity contribution in [2.24, 2.45) is 28.6 Å². The van der Waals surface area contributed by atoms with Crippen molar-refractivity contribution in [2.75, 3.05) is 6.61 Å². The number of fused-ring (bicyclic) bond motifs is 3. The van der Waals surface area contributed by atoms with Crippen LogP contribution >= 0.6 is 0 Å². The summed E-state index contributed by atoms with van der Waals surface area (Å²) in [6, 6.07) is 0. The zero-order chi connectivity index (χ0) is 20.3. The number of aliphatic hydroxyl groups is 2. The molecule has 1 spiro atoms. The fourth-order valence-corrected chi connectivity index (χ4v) is 7.69. The van der Waals surface area contributed by atoms with Gasteiger partial charge in [0.2, 0.25) is 0 Å². The van der Waals surface area contributed by atoms with Crippen molar-refractivity contribution < 1.29 is 28.9 Å². The Kier molecular flexibility index (Phi) is 3.47. The summed E-state index contributed by atoms with van der Waals surface area (Å²) < 4.78 is 21.6. The van der Waals surface area contributed by atoms with E-state index in [1.165, 1.54) is 12.2 Å². The number of hydrogen-bond acceptors (Lipinski definition) is 5. The van der Waals surface area contributed by atoms with Gasteiger partial charge in [-0.1, -0.05) is 19.9 Å². The van der Waals surface area contributed by atoms with Crippen molar-refractivity contribution in [3.8, 4) is 0 Å². The Morgan fingerprint density at radius 3 is 2.71 bits per heavy atom. The van der Waals surface area contributed by atoms with Gasteiger partial charge in [-0.25, -0.2) is 4.39 Å². The van der Waals surface area contributed by atoms with Gasteiger partial charge in [-0.15, -0.1) is 0 Å². The molecular formula is C22H27FO5. The lowest BCUT2D eigenvalue weighted by Gasteiger charge is -2.56. The SMILES string of the molecule is C[C@H]1C[C@H]2[C@@H]3CC(F)C4=CC(=O)C=C[C@]4(C)[C@@]34O[C@H]4C[C@]2(C)[C@@]1(O)C(=O)CO. The number of ether oxygens (including phenoxy) is 1. The number of halogens is 1. The van der Waals surface area contributed by atoms with Crippen LogP contribution in [0.25, 0.3) is 0 Å². The molecule has 3 saturated carbocycles. The normalized spacial score (nSPS) is 56.3. The van der Waals surface area contributed by atoms with Crippen LogP contribution in [0, 0.1) is 28.6 Å². The average Bonchev–Trinajstić information content (AvgIpc) is 3.34. The van der Waals surface area contributed by atoms with E-state index >= 15 is 4.39 Å². The van der Waals surface area contributed by atoms with Gasteiger partial charge in [-0.05, 0) is 61.7 Å². The minimum Gasteiger partial charge on any atom is -0.388 e. The summed E-state index contributed by atoms with van der Waals surface area (Å²) >= 11 is 0. The lowest BCUT2D eigenvalue weighted by molar-refractivity contribution is -0.166. The third kappa shape index (κ3) is 1.75. The van der Waals surface area contributed by atoms with Crippen molar-refractivity contribution in [1.29, 1.82) is 0 Å². The maximum absolute atomic E-state index is 15.3. The molecule has 0 radical (unpaired) electrons. The summed E-state index contributed by atoms with van der Waals surface area (Å²) in [6.07, 6.45) is 4.58. The molecule has 4 aliphatic carbocycles. The van der Waals surface area contributed by atoms with E-state index in [-0.39, 0.29) is 36.1 Å². The average molecular weight is 390 g/mol. The van der Waals surface area contributed by atoms with Gasteiger partial charge in [0.15, 0.2) is 11.6 Å². The second-order valence-corrected chi connectivity index (χ2v) is 9.96. The highest BCUT2D eigenvalue weighted by atomic mass is 19.1. The maximum Gasteiger partial charge on any atom is 0.190 e. The number of allylic oxidation sites excluding steroid dienone is 2. The summed E-state index contributed by atoms with van der Waals surface area (Å²) in [5, 5.41) is 21.0. The van der Waals surface area contributed by atoms with Crippen LogP contribution in [0.15, 0.2) is 23.8 Å². The second kappa shape index (κ2) is 5.21. The van der Waals surface area contributed by atoms with E-state index in [2.05, 4.69) is 0 Å². The number of epoxide rings is 1. The number of carbonyl (C=O) groups excluding carboxylic acids is 2. The summed E-state index contributed by atoms with van der Waals surface area (Å²) in [4.78, 5) is 24.5. The van der Waals surface area contributed by atoms with Gasteiger partial charge < -0.3 is 14.9 Å². The van der Waals surface area contributed by atoms with E-state index in [9.17, 15) is 19.8 Å². The van der Waals surface area contributed by atoms with Crippen molar-refractivity contribution in [3.63, 3.8) is 0 Å². The van der Waals surface area contributed by atoms with Crippen molar-refractivity contribution in [1.82, 2.24) is 0 Å². The molecule has 9 atom stereocenters. The molecular weight excluding hydrogens is 363 g/mol. The topological polar surface area (TPSA) is 87.1 Å². The fraction of sp³-hybridized carbons (Fsp3) is 0.727. The first-order chi connectivity index (χ1) is 13.1. The number of ketones is 2. The predicted octanol–water partition coefficient (Wildman–Crippen LogP) is 1.91. The predicted molar refractivity (Wildman–Crippen MR) is 98.0 cm³/mol. The molecule has 0 amide bonds. The van der Waals surface area contributed by atoms with Gasteiger partial charge in [0.25, 0.3) is 0 Å². The van der Waals surface area contributed by atoms with Crippen LogP contribution in [0.5, 0.6) is 0 Å². The summed E-state index contributed by atoms with van der Waals surface area (Å²) in [6.45, 7) is 5.00. The number of rotatable bonds is 2. The van der Waals surface area contributed by atoms with E-state index in [4.69, 9.17) is 4.74 Å². The molecule has 1 aliphatic heterocycles. The maximum atomic E-state index is 15.3. The third-order valence-corrected chi connectivity index (χ3v) is 9.07. The van der Waals surface area contributed by atoms with Crippen LogP contribution in [0.4, 0.5) is 4.39 Å². The second-order valence-electron chi connectivity index (χ2n) is 9.96. The summed E-state index contributed by atoms with van der Waals surface area (Å²) in [5.74, 6) is -1.32. The number of Topliss-reactive ketones (excluding diaryl/α,β-unsaturated/α-hetero) is 1. The Hall–Kier alpha value is -1.37. The molecule has 0 aromatic carbocycles. The molecule has 2 N–H and O–H groups in total. The number of aliphatic hydroxyl groups excluding tert-OH is 1. The molecule has 0 aromatic heterocycles. The fourth-order valence-electron chi connectivity index (χ4n) is 7.69. The zero-order valence-electron chi connectivity index (χ0n) is 16.4. The van der Waals surface area contributed by atoms with Crippen LogP contribution in [-0.4, -0.2) is 51.9 Å². The lowest BCUT2D eigenvalue weighted by atomic mass is 9.46. The molecule has 0 aromatic rings. The van der Waals surface area contributed by atoms with Crippen LogP contribution < -0.4 is 0 Å². The van der Waals surface area contributed by atoms with Crippen LogP contribution in [0.3, 0.4) is 0 Å². The lowest BCUT2D eigenvalue weighted by Crippen LogP contribution is -2.63. The minimum atomic E-state index is -1.63.